The Morgan fingerprint density at radius 2 is 2.31 bits per heavy atom. The molecule has 0 aromatic heterocycles. The van der Waals surface area contributed by atoms with Crippen LogP contribution in [0.25, 0.3) is 0 Å². The number of halogens is 2. The molecular formula is C12H12FIN2. The van der Waals surface area contributed by atoms with Crippen molar-refractivity contribution in [2.75, 3.05) is 22.4 Å². The number of rotatable bonds is 2. The Labute approximate surface area is 108 Å². The monoisotopic (exact) mass is 330 g/mol. The molecule has 1 saturated heterocycles. The molecule has 1 atom stereocenters. The number of anilines is 1. The van der Waals surface area contributed by atoms with Gasteiger partial charge in [0, 0.05) is 23.2 Å². The summed E-state index contributed by atoms with van der Waals surface area (Å²) >= 11 is 2.39. The van der Waals surface area contributed by atoms with Crippen molar-refractivity contribution in [2.24, 2.45) is 5.92 Å². The second-order valence-electron chi connectivity index (χ2n) is 4.06. The topological polar surface area (TPSA) is 27.0 Å². The van der Waals surface area contributed by atoms with Gasteiger partial charge in [0.2, 0.25) is 0 Å². The quantitative estimate of drug-likeness (QED) is 0.616. The summed E-state index contributed by atoms with van der Waals surface area (Å²) in [5.74, 6) is 0.362. The van der Waals surface area contributed by atoms with Crippen LogP contribution in [0.5, 0.6) is 0 Å². The number of nitriles is 1. The van der Waals surface area contributed by atoms with Crippen molar-refractivity contribution in [2.45, 2.75) is 6.42 Å². The first-order valence-electron chi connectivity index (χ1n) is 5.24. The first-order chi connectivity index (χ1) is 7.72. The molecule has 0 aliphatic carbocycles. The lowest BCUT2D eigenvalue weighted by molar-refractivity contribution is 0.626. The summed E-state index contributed by atoms with van der Waals surface area (Å²) < 4.78 is 14.4. The van der Waals surface area contributed by atoms with Crippen LogP contribution in [0, 0.1) is 23.1 Å². The normalized spacial score (nSPS) is 19.8. The Morgan fingerprint density at radius 1 is 1.50 bits per heavy atom. The van der Waals surface area contributed by atoms with Crippen molar-refractivity contribution in [1.82, 2.24) is 0 Å². The molecule has 1 fully saturated rings. The first-order valence-corrected chi connectivity index (χ1v) is 6.77. The van der Waals surface area contributed by atoms with Crippen molar-refractivity contribution in [3.63, 3.8) is 0 Å². The van der Waals surface area contributed by atoms with Crippen LogP contribution in [-0.2, 0) is 0 Å². The van der Waals surface area contributed by atoms with E-state index in [1.54, 1.807) is 6.07 Å². The van der Waals surface area contributed by atoms with Crippen LogP contribution < -0.4 is 4.90 Å². The van der Waals surface area contributed by atoms with E-state index in [2.05, 4.69) is 27.5 Å². The Morgan fingerprint density at radius 3 is 2.94 bits per heavy atom. The fourth-order valence-electron chi connectivity index (χ4n) is 2.01. The molecule has 0 bridgehead atoms. The molecule has 1 aromatic carbocycles. The Balaban J connectivity index is 2.21. The van der Waals surface area contributed by atoms with Crippen LogP contribution in [0.2, 0.25) is 0 Å². The van der Waals surface area contributed by atoms with E-state index in [-0.39, 0.29) is 5.82 Å². The molecule has 1 aliphatic heterocycles. The number of alkyl halides is 1. The lowest BCUT2D eigenvalue weighted by atomic mass is 10.2. The fraction of sp³-hybridized carbons (Fsp3) is 0.417. The highest BCUT2D eigenvalue weighted by molar-refractivity contribution is 14.1. The summed E-state index contributed by atoms with van der Waals surface area (Å²) in [5, 5.41) is 8.79. The van der Waals surface area contributed by atoms with Gasteiger partial charge < -0.3 is 4.90 Å². The molecule has 2 nitrogen and oxygen atoms in total. The molecule has 0 unspecified atom stereocenters. The van der Waals surface area contributed by atoms with Crippen molar-refractivity contribution in [3.05, 3.63) is 29.6 Å². The van der Waals surface area contributed by atoms with Gasteiger partial charge in [0.05, 0.1) is 11.6 Å². The highest BCUT2D eigenvalue weighted by atomic mass is 127. The van der Waals surface area contributed by atoms with Gasteiger partial charge in [-0.2, -0.15) is 5.26 Å². The minimum atomic E-state index is -0.327. The van der Waals surface area contributed by atoms with Crippen LogP contribution in [0.1, 0.15) is 12.0 Å². The van der Waals surface area contributed by atoms with E-state index in [0.717, 1.165) is 29.6 Å². The third-order valence-corrected chi connectivity index (χ3v) is 4.13. The van der Waals surface area contributed by atoms with E-state index < -0.39 is 0 Å². The van der Waals surface area contributed by atoms with Gasteiger partial charge in [-0.1, -0.05) is 22.6 Å². The van der Waals surface area contributed by atoms with Gasteiger partial charge in [-0.3, -0.25) is 0 Å². The SMILES string of the molecule is N#Cc1cc(F)cc(N2CC[C@H](CI)C2)c1. The molecular weight excluding hydrogens is 318 g/mol. The number of benzene rings is 1. The third kappa shape index (κ3) is 2.46. The molecule has 2 rings (SSSR count). The molecule has 1 aromatic rings. The smallest absolute Gasteiger partial charge is 0.126 e. The number of hydrogen-bond donors (Lipinski definition) is 0. The minimum Gasteiger partial charge on any atom is -0.371 e. The van der Waals surface area contributed by atoms with Crippen molar-refractivity contribution in [1.29, 1.82) is 5.26 Å². The van der Waals surface area contributed by atoms with E-state index >= 15 is 0 Å². The van der Waals surface area contributed by atoms with E-state index in [4.69, 9.17) is 5.26 Å². The van der Waals surface area contributed by atoms with Gasteiger partial charge in [-0.15, -0.1) is 0 Å². The average molecular weight is 330 g/mol. The molecule has 0 saturated carbocycles. The number of nitrogens with zero attached hydrogens (tertiary/aromatic N) is 2. The second-order valence-corrected chi connectivity index (χ2v) is 4.95. The highest BCUT2D eigenvalue weighted by Gasteiger charge is 2.22. The predicted octanol–water partition coefficient (Wildman–Crippen LogP) is 2.96. The zero-order valence-corrected chi connectivity index (χ0v) is 10.9. The zero-order chi connectivity index (χ0) is 11.5. The summed E-state index contributed by atoms with van der Waals surface area (Å²) in [6.45, 7) is 1.93. The van der Waals surface area contributed by atoms with Crippen molar-refractivity contribution in [3.8, 4) is 6.07 Å². The standard InChI is InChI=1S/C12H12FIN2/c13-11-3-10(7-15)4-12(5-11)16-2-1-9(6-14)8-16/h3-5,9H,1-2,6,8H2/t9-/m1/s1. The number of hydrogen-bond acceptors (Lipinski definition) is 2. The minimum absolute atomic E-state index is 0.327. The lowest BCUT2D eigenvalue weighted by Gasteiger charge is -2.18. The molecule has 16 heavy (non-hydrogen) atoms. The molecule has 1 heterocycles. The zero-order valence-electron chi connectivity index (χ0n) is 8.79. The first kappa shape index (κ1) is 11.6. The van der Waals surface area contributed by atoms with Gasteiger partial charge in [0.1, 0.15) is 5.82 Å². The largest absolute Gasteiger partial charge is 0.371 e. The van der Waals surface area contributed by atoms with Crippen LogP contribution in [0.3, 0.4) is 0 Å². The predicted molar refractivity (Wildman–Crippen MR) is 70.3 cm³/mol. The highest BCUT2D eigenvalue weighted by Crippen LogP contribution is 2.26. The Bertz CT molecular complexity index is 428. The van der Waals surface area contributed by atoms with Crippen LogP contribution in [0.4, 0.5) is 10.1 Å². The second kappa shape index (κ2) is 5.00. The lowest BCUT2D eigenvalue weighted by Crippen LogP contribution is -2.20. The van der Waals surface area contributed by atoms with Gasteiger partial charge >= 0.3 is 0 Å². The Hall–Kier alpha value is -0.830. The maximum absolute atomic E-state index is 13.3. The van der Waals surface area contributed by atoms with Gasteiger partial charge in [-0.25, -0.2) is 4.39 Å². The maximum atomic E-state index is 13.3. The van der Waals surface area contributed by atoms with E-state index in [0.29, 0.717) is 11.5 Å². The van der Waals surface area contributed by atoms with E-state index in [1.165, 1.54) is 12.1 Å². The molecule has 4 heteroatoms. The summed E-state index contributed by atoms with van der Waals surface area (Å²) in [5.41, 5.74) is 1.23. The molecule has 1 aliphatic rings. The third-order valence-electron chi connectivity index (χ3n) is 2.88. The van der Waals surface area contributed by atoms with Crippen LogP contribution in [-0.4, -0.2) is 17.5 Å². The van der Waals surface area contributed by atoms with Crippen LogP contribution >= 0.6 is 22.6 Å². The average Bonchev–Trinajstić information content (AvgIpc) is 2.76. The van der Waals surface area contributed by atoms with Gasteiger partial charge in [0.15, 0.2) is 0 Å². The molecule has 84 valence electrons. The fourth-order valence-corrected chi connectivity index (χ4v) is 2.73. The summed E-state index contributed by atoms with van der Waals surface area (Å²) in [7, 11) is 0. The summed E-state index contributed by atoms with van der Waals surface area (Å²) in [6.07, 6.45) is 1.15. The van der Waals surface area contributed by atoms with Crippen molar-refractivity contribution >= 4 is 28.3 Å². The van der Waals surface area contributed by atoms with Gasteiger partial charge in [0.25, 0.3) is 0 Å². The van der Waals surface area contributed by atoms with E-state index in [9.17, 15) is 4.39 Å². The molecule has 0 N–H and O–H groups in total. The molecule has 0 radical (unpaired) electrons. The molecule has 0 amide bonds. The van der Waals surface area contributed by atoms with E-state index in [1.807, 2.05) is 6.07 Å². The molecule has 0 spiro atoms. The summed E-state index contributed by atoms with van der Waals surface area (Å²) in [4.78, 5) is 2.16. The summed E-state index contributed by atoms with van der Waals surface area (Å²) in [6, 6.07) is 6.53. The maximum Gasteiger partial charge on any atom is 0.126 e. The van der Waals surface area contributed by atoms with Crippen molar-refractivity contribution < 1.29 is 4.39 Å². The van der Waals surface area contributed by atoms with Crippen LogP contribution in [0.15, 0.2) is 18.2 Å². The van der Waals surface area contributed by atoms with Gasteiger partial charge in [-0.05, 0) is 30.5 Å². The Kier molecular flexibility index (Phi) is 3.64.